The number of benzene rings is 4. The van der Waals surface area contributed by atoms with Crippen LogP contribution >= 0.6 is 0 Å². The lowest BCUT2D eigenvalue weighted by molar-refractivity contribution is 0.0693. The third-order valence-electron chi connectivity index (χ3n) is 8.27. The molecule has 2 aliphatic carbocycles. The first-order chi connectivity index (χ1) is 18.8. The van der Waals surface area contributed by atoms with Crippen molar-refractivity contribution in [3.05, 3.63) is 102 Å². The summed E-state index contributed by atoms with van der Waals surface area (Å²) < 4.78 is 6.71. The second kappa shape index (κ2) is 9.97. The molecular formula is C36H38O3. The van der Waals surface area contributed by atoms with E-state index in [1.54, 1.807) is 0 Å². The molecule has 0 aliphatic heterocycles. The molecule has 0 bridgehead atoms. The van der Waals surface area contributed by atoms with Crippen LogP contribution in [0.4, 0.5) is 0 Å². The minimum atomic E-state index is -0.639. The van der Waals surface area contributed by atoms with E-state index in [-0.39, 0.29) is 12.0 Å². The predicted molar refractivity (Wildman–Crippen MR) is 159 cm³/mol. The van der Waals surface area contributed by atoms with Crippen molar-refractivity contribution in [3.63, 3.8) is 0 Å². The summed E-state index contributed by atoms with van der Waals surface area (Å²) in [5.41, 5.74) is 10.2. The van der Waals surface area contributed by atoms with Crippen molar-refractivity contribution in [1.29, 1.82) is 0 Å². The van der Waals surface area contributed by atoms with Crippen molar-refractivity contribution >= 4 is 0 Å². The molecular weight excluding hydrogens is 480 g/mol. The average molecular weight is 519 g/mol. The predicted octanol–water partition coefficient (Wildman–Crippen LogP) is 7.93. The van der Waals surface area contributed by atoms with E-state index in [9.17, 15) is 10.2 Å². The number of fused-ring (bicyclic) bond motifs is 3. The molecule has 4 aromatic carbocycles. The SMILES string of the molecule is CC(C)(C)c1c2c(c(OC[C@@H](O)CCC3(O)CC3)c(-c3ccccc3)c1-c1ccccc1)Cc1ccccc1-2. The molecule has 4 aromatic rings. The van der Waals surface area contributed by atoms with Crippen LogP contribution in [0.25, 0.3) is 33.4 Å². The second-order valence-electron chi connectivity index (χ2n) is 12.4. The van der Waals surface area contributed by atoms with Gasteiger partial charge in [0, 0.05) is 17.5 Å². The summed E-state index contributed by atoms with van der Waals surface area (Å²) >= 11 is 0. The maximum Gasteiger partial charge on any atom is 0.132 e. The molecule has 3 heteroatoms. The quantitative estimate of drug-likeness (QED) is 0.219. The number of ether oxygens (including phenoxy) is 1. The van der Waals surface area contributed by atoms with Crippen molar-refractivity contribution < 1.29 is 14.9 Å². The fourth-order valence-electron chi connectivity index (χ4n) is 6.13. The zero-order valence-corrected chi connectivity index (χ0v) is 23.2. The Bertz CT molecular complexity index is 1480. The zero-order valence-electron chi connectivity index (χ0n) is 23.2. The summed E-state index contributed by atoms with van der Waals surface area (Å²) in [7, 11) is 0. The monoisotopic (exact) mass is 518 g/mol. The molecule has 0 unspecified atom stereocenters. The molecule has 0 spiro atoms. The first kappa shape index (κ1) is 25.9. The number of rotatable bonds is 8. The van der Waals surface area contributed by atoms with Crippen molar-refractivity contribution in [1.82, 2.24) is 0 Å². The topological polar surface area (TPSA) is 49.7 Å². The summed E-state index contributed by atoms with van der Waals surface area (Å²) in [5.74, 6) is 0.864. The van der Waals surface area contributed by atoms with Crippen molar-refractivity contribution in [2.75, 3.05) is 6.61 Å². The Morgan fingerprint density at radius 2 is 1.38 bits per heavy atom. The number of hydrogen-bond donors (Lipinski definition) is 2. The normalized spacial score (nSPS) is 15.9. The summed E-state index contributed by atoms with van der Waals surface area (Å²) in [6, 6.07) is 29.9. The van der Waals surface area contributed by atoms with Crippen LogP contribution in [0.15, 0.2) is 84.9 Å². The van der Waals surface area contributed by atoms with Crippen LogP contribution in [0, 0.1) is 0 Å². The van der Waals surface area contributed by atoms with Gasteiger partial charge in [-0.2, -0.15) is 0 Å². The molecule has 0 radical (unpaired) electrons. The Hall–Kier alpha value is -3.40. The molecule has 1 saturated carbocycles. The summed E-state index contributed by atoms with van der Waals surface area (Å²) in [4.78, 5) is 0. The molecule has 200 valence electrons. The number of hydrogen-bond acceptors (Lipinski definition) is 3. The Morgan fingerprint density at radius 3 is 2.00 bits per heavy atom. The van der Waals surface area contributed by atoms with Crippen LogP contribution in [-0.2, 0) is 11.8 Å². The molecule has 1 atom stereocenters. The van der Waals surface area contributed by atoms with Gasteiger partial charge in [-0.25, -0.2) is 0 Å². The molecule has 0 aromatic heterocycles. The Balaban J connectivity index is 1.59. The number of aliphatic hydroxyl groups excluding tert-OH is 1. The van der Waals surface area contributed by atoms with Crippen LogP contribution < -0.4 is 4.74 Å². The van der Waals surface area contributed by atoms with Crippen LogP contribution in [0.2, 0.25) is 0 Å². The van der Waals surface area contributed by atoms with Gasteiger partial charge in [-0.05, 0) is 70.0 Å². The molecule has 2 N–H and O–H groups in total. The molecule has 39 heavy (non-hydrogen) atoms. The highest BCUT2D eigenvalue weighted by molar-refractivity contribution is 5.99. The summed E-state index contributed by atoms with van der Waals surface area (Å²) in [6.45, 7) is 7.11. The first-order valence-corrected chi connectivity index (χ1v) is 14.2. The molecule has 0 amide bonds. The van der Waals surface area contributed by atoms with Gasteiger partial charge in [0.15, 0.2) is 0 Å². The Labute approximate surface area is 232 Å². The lowest BCUT2D eigenvalue weighted by atomic mass is 9.74. The Kier molecular flexibility index (Phi) is 6.61. The third-order valence-corrected chi connectivity index (χ3v) is 8.27. The number of aliphatic hydroxyl groups is 2. The molecule has 6 rings (SSSR count). The zero-order chi connectivity index (χ0) is 27.2. The van der Waals surface area contributed by atoms with Crippen LogP contribution in [0.1, 0.15) is 63.1 Å². The van der Waals surface area contributed by atoms with Crippen molar-refractivity contribution in [2.45, 2.75) is 70.0 Å². The maximum atomic E-state index is 10.9. The van der Waals surface area contributed by atoms with E-state index in [1.807, 2.05) is 6.07 Å². The van der Waals surface area contributed by atoms with E-state index in [2.05, 4.69) is 99.6 Å². The highest BCUT2D eigenvalue weighted by atomic mass is 16.5. The van der Waals surface area contributed by atoms with Gasteiger partial charge in [0.25, 0.3) is 0 Å². The van der Waals surface area contributed by atoms with Crippen molar-refractivity contribution in [2.24, 2.45) is 0 Å². The van der Waals surface area contributed by atoms with Crippen molar-refractivity contribution in [3.8, 4) is 39.1 Å². The van der Waals surface area contributed by atoms with Crippen LogP contribution in [-0.4, -0.2) is 28.5 Å². The standard InChI is InChI=1S/C36H38O3/c1-35(2,3)33-30(24-12-6-4-7-13-24)31(25-14-8-5-9-15-25)34(39-23-27(37)18-19-36(38)20-21-36)29-22-26-16-10-11-17-28(26)32(29)33/h4-17,27,37-38H,18-23H2,1-3H3/t27-/m0/s1. The molecule has 0 heterocycles. The minimum absolute atomic E-state index is 0.131. The highest BCUT2D eigenvalue weighted by Gasteiger charge is 2.40. The average Bonchev–Trinajstić information content (AvgIpc) is 3.56. The lowest BCUT2D eigenvalue weighted by Gasteiger charge is -2.31. The second-order valence-corrected chi connectivity index (χ2v) is 12.4. The van der Waals surface area contributed by atoms with Gasteiger partial charge in [0.2, 0.25) is 0 Å². The summed E-state index contributed by atoms with van der Waals surface area (Å²) in [5, 5.41) is 21.2. The van der Waals surface area contributed by atoms with E-state index in [0.717, 1.165) is 41.7 Å². The molecule has 2 aliphatic rings. The van der Waals surface area contributed by atoms with E-state index >= 15 is 0 Å². The molecule has 1 fully saturated rings. The highest BCUT2D eigenvalue weighted by Crippen LogP contribution is 2.56. The molecule has 3 nitrogen and oxygen atoms in total. The minimum Gasteiger partial charge on any atom is -0.490 e. The van der Waals surface area contributed by atoms with Gasteiger partial charge >= 0.3 is 0 Å². The van der Waals surface area contributed by atoms with Gasteiger partial charge in [-0.15, -0.1) is 0 Å². The fraction of sp³-hybridized carbons (Fsp3) is 0.333. The fourth-order valence-corrected chi connectivity index (χ4v) is 6.13. The lowest BCUT2D eigenvalue weighted by Crippen LogP contribution is -2.22. The van der Waals surface area contributed by atoms with E-state index in [0.29, 0.717) is 12.8 Å². The van der Waals surface area contributed by atoms with E-state index < -0.39 is 11.7 Å². The van der Waals surface area contributed by atoms with Gasteiger partial charge in [-0.1, -0.05) is 106 Å². The largest absolute Gasteiger partial charge is 0.490 e. The van der Waals surface area contributed by atoms with Crippen LogP contribution in [0.5, 0.6) is 5.75 Å². The smallest absolute Gasteiger partial charge is 0.132 e. The van der Waals surface area contributed by atoms with E-state index in [1.165, 1.54) is 33.4 Å². The van der Waals surface area contributed by atoms with Crippen LogP contribution in [0.3, 0.4) is 0 Å². The Morgan fingerprint density at radius 1 is 0.795 bits per heavy atom. The molecule has 0 saturated heterocycles. The van der Waals surface area contributed by atoms with Gasteiger partial charge < -0.3 is 14.9 Å². The van der Waals surface area contributed by atoms with E-state index in [4.69, 9.17) is 4.74 Å². The summed E-state index contributed by atoms with van der Waals surface area (Å²) in [6.07, 6.45) is 2.98. The third kappa shape index (κ3) is 5.02. The van der Waals surface area contributed by atoms with Gasteiger partial charge in [-0.3, -0.25) is 0 Å². The first-order valence-electron chi connectivity index (χ1n) is 14.2. The van der Waals surface area contributed by atoms with Gasteiger partial charge in [0.05, 0.1) is 11.7 Å². The van der Waals surface area contributed by atoms with Gasteiger partial charge in [0.1, 0.15) is 12.4 Å². The maximum absolute atomic E-state index is 10.9.